The van der Waals surface area contributed by atoms with Crippen LogP contribution in [0.4, 0.5) is 13.2 Å². The minimum atomic E-state index is -4.34. The second kappa shape index (κ2) is 5.55. The molecule has 0 saturated carbocycles. The van der Waals surface area contributed by atoms with Crippen molar-refractivity contribution in [2.24, 2.45) is 0 Å². The van der Waals surface area contributed by atoms with E-state index in [-0.39, 0.29) is 0 Å². The van der Waals surface area contributed by atoms with Crippen LogP contribution in [0, 0.1) is 0 Å². The summed E-state index contributed by atoms with van der Waals surface area (Å²) >= 11 is 9.24. The molecule has 0 aliphatic heterocycles. The van der Waals surface area contributed by atoms with E-state index >= 15 is 0 Å². The standard InChI is InChI=1S/C14H9BrClF3/c15-8-10-4-5-12(16)7-13(10)9-2-1-3-11(6-9)14(17,18)19/h1-7H,8H2. The predicted molar refractivity (Wildman–Crippen MR) is 74.5 cm³/mol. The first-order chi connectivity index (χ1) is 8.91. The highest BCUT2D eigenvalue weighted by molar-refractivity contribution is 9.08. The number of benzene rings is 2. The van der Waals surface area contributed by atoms with Gasteiger partial charge in [-0.3, -0.25) is 0 Å². The van der Waals surface area contributed by atoms with Gasteiger partial charge in [0.05, 0.1) is 5.56 Å². The van der Waals surface area contributed by atoms with E-state index in [2.05, 4.69) is 15.9 Å². The molecule has 0 aliphatic rings. The zero-order valence-electron chi connectivity index (χ0n) is 9.64. The quantitative estimate of drug-likeness (QED) is 0.590. The summed E-state index contributed by atoms with van der Waals surface area (Å²) in [7, 11) is 0. The van der Waals surface area contributed by atoms with E-state index < -0.39 is 11.7 Å². The maximum Gasteiger partial charge on any atom is 0.416 e. The van der Waals surface area contributed by atoms with E-state index in [9.17, 15) is 13.2 Å². The molecule has 5 heteroatoms. The van der Waals surface area contributed by atoms with Gasteiger partial charge in [0.15, 0.2) is 0 Å². The first-order valence-corrected chi connectivity index (χ1v) is 6.94. The molecule has 0 atom stereocenters. The minimum Gasteiger partial charge on any atom is -0.166 e. The first-order valence-electron chi connectivity index (χ1n) is 5.44. The molecule has 0 saturated heterocycles. The Morgan fingerprint density at radius 3 is 2.42 bits per heavy atom. The van der Waals surface area contributed by atoms with E-state index in [1.165, 1.54) is 6.07 Å². The van der Waals surface area contributed by atoms with Gasteiger partial charge in [0.2, 0.25) is 0 Å². The summed E-state index contributed by atoms with van der Waals surface area (Å²) in [5.41, 5.74) is 1.44. The van der Waals surface area contributed by atoms with Gasteiger partial charge in [-0.15, -0.1) is 0 Å². The molecule has 100 valence electrons. The van der Waals surface area contributed by atoms with Crippen molar-refractivity contribution in [2.45, 2.75) is 11.5 Å². The van der Waals surface area contributed by atoms with Crippen molar-refractivity contribution in [3.63, 3.8) is 0 Å². The summed E-state index contributed by atoms with van der Waals surface area (Å²) < 4.78 is 38.1. The van der Waals surface area contributed by atoms with Gasteiger partial charge in [-0.25, -0.2) is 0 Å². The van der Waals surface area contributed by atoms with Crippen LogP contribution < -0.4 is 0 Å². The van der Waals surface area contributed by atoms with Gasteiger partial charge >= 0.3 is 6.18 Å². The van der Waals surface area contributed by atoms with Crippen LogP contribution in [0.5, 0.6) is 0 Å². The summed E-state index contributed by atoms with van der Waals surface area (Å²) in [5, 5.41) is 1.05. The van der Waals surface area contributed by atoms with Crippen LogP contribution in [0.2, 0.25) is 5.02 Å². The summed E-state index contributed by atoms with van der Waals surface area (Å²) in [6.45, 7) is 0. The SMILES string of the molecule is FC(F)(F)c1cccc(-c2cc(Cl)ccc2CBr)c1. The van der Waals surface area contributed by atoms with Crippen LogP contribution in [0.1, 0.15) is 11.1 Å². The van der Waals surface area contributed by atoms with E-state index in [0.29, 0.717) is 21.5 Å². The number of hydrogen-bond donors (Lipinski definition) is 0. The summed E-state index contributed by atoms with van der Waals surface area (Å²) in [4.78, 5) is 0. The molecular formula is C14H9BrClF3. The van der Waals surface area contributed by atoms with Gasteiger partial charge in [-0.2, -0.15) is 13.2 Å². The Morgan fingerprint density at radius 2 is 1.79 bits per heavy atom. The van der Waals surface area contributed by atoms with E-state index in [1.807, 2.05) is 0 Å². The Morgan fingerprint density at radius 1 is 1.05 bits per heavy atom. The van der Waals surface area contributed by atoms with Gasteiger partial charge < -0.3 is 0 Å². The molecule has 0 aliphatic carbocycles. The van der Waals surface area contributed by atoms with Crippen LogP contribution in [0.15, 0.2) is 42.5 Å². The van der Waals surface area contributed by atoms with Gasteiger partial charge in [0.1, 0.15) is 0 Å². The summed E-state index contributed by atoms with van der Waals surface area (Å²) in [5.74, 6) is 0. The van der Waals surface area contributed by atoms with Crippen molar-refractivity contribution in [2.75, 3.05) is 0 Å². The molecule has 0 unspecified atom stereocenters. The van der Waals surface area contributed by atoms with Crippen LogP contribution >= 0.6 is 27.5 Å². The fourth-order valence-corrected chi connectivity index (χ4v) is 2.46. The molecule has 2 rings (SSSR count). The Labute approximate surface area is 122 Å². The number of alkyl halides is 4. The largest absolute Gasteiger partial charge is 0.416 e. The lowest BCUT2D eigenvalue weighted by Gasteiger charge is -2.11. The average Bonchev–Trinajstić information content (AvgIpc) is 2.38. The molecule has 0 aromatic heterocycles. The predicted octanol–water partition coefficient (Wildman–Crippen LogP) is 5.92. The van der Waals surface area contributed by atoms with Crippen molar-refractivity contribution in [3.05, 3.63) is 58.6 Å². The third kappa shape index (κ3) is 3.31. The van der Waals surface area contributed by atoms with Crippen molar-refractivity contribution in [1.82, 2.24) is 0 Å². The Bertz CT molecular complexity index is 593. The smallest absolute Gasteiger partial charge is 0.166 e. The van der Waals surface area contributed by atoms with Gasteiger partial charge in [0, 0.05) is 10.4 Å². The number of rotatable bonds is 2. The highest BCUT2D eigenvalue weighted by Crippen LogP contribution is 2.34. The molecule has 0 nitrogen and oxygen atoms in total. The topological polar surface area (TPSA) is 0 Å². The van der Waals surface area contributed by atoms with Crippen LogP contribution in [0.25, 0.3) is 11.1 Å². The molecule has 2 aromatic rings. The van der Waals surface area contributed by atoms with E-state index in [1.54, 1.807) is 24.3 Å². The van der Waals surface area contributed by atoms with E-state index in [4.69, 9.17) is 11.6 Å². The monoisotopic (exact) mass is 348 g/mol. The van der Waals surface area contributed by atoms with Gasteiger partial charge in [0.25, 0.3) is 0 Å². The highest BCUT2D eigenvalue weighted by Gasteiger charge is 2.30. The Kier molecular flexibility index (Phi) is 4.21. The Balaban J connectivity index is 2.56. The van der Waals surface area contributed by atoms with Crippen LogP contribution in [-0.4, -0.2) is 0 Å². The van der Waals surface area contributed by atoms with E-state index in [0.717, 1.165) is 17.7 Å². The zero-order valence-corrected chi connectivity index (χ0v) is 12.0. The lowest BCUT2D eigenvalue weighted by Crippen LogP contribution is -2.04. The van der Waals surface area contributed by atoms with Crippen LogP contribution in [-0.2, 0) is 11.5 Å². The first kappa shape index (κ1) is 14.4. The normalized spacial score (nSPS) is 11.6. The fraction of sp³-hybridized carbons (Fsp3) is 0.143. The lowest BCUT2D eigenvalue weighted by atomic mass is 9.99. The zero-order chi connectivity index (χ0) is 14.0. The second-order valence-electron chi connectivity index (χ2n) is 4.01. The average molecular weight is 350 g/mol. The van der Waals surface area contributed by atoms with Crippen molar-refractivity contribution in [3.8, 4) is 11.1 Å². The molecule has 19 heavy (non-hydrogen) atoms. The van der Waals surface area contributed by atoms with Crippen molar-refractivity contribution < 1.29 is 13.2 Å². The molecule has 0 fully saturated rings. The molecule has 2 aromatic carbocycles. The van der Waals surface area contributed by atoms with Crippen molar-refractivity contribution in [1.29, 1.82) is 0 Å². The second-order valence-corrected chi connectivity index (χ2v) is 5.01. The maximum atomic E-state index is 12.7. The maximum absolute atomic E-state index is 12.7. The van der Waals surface area contributed by atoms with Gasteiger partial charge in [-0.05, 0) is 41.0 Å². The third-order valence-corrected chi connectivity index (χ3v) is 3.56. The molecule has 0 heterocycles. The van der Waals surface area contributed by atoms with Crippen molar-refractivity contribution >= 4 is 27.5 Å². The molecule has 0 N–H and O–H groups in total. The van der Waals surface area contributed by atoms with Crippen LogP contribution in [0.3, 0.4) is 0 Å². The molecular weight excluding hydrogens is 341 g/mol. The Hall–Kier alpha value is -1.000. The minimum absolute atomic E-state index is 0.497. The summed E-state index contributed by atoms with van der Waals surface area (Å²) in [6, 6.07) is 10.4. The molecule has 0 spiro atoms. The summed E-state index contributed by atoms with van der Waals surface area (Å²) in [6.07, 6.45) is -4.34. The number of hydrogen-bond acceptors (Lipinski definition) is 0. The highest BCUT2D eigenvalue weighted by atomic mass is 79.9. The molecule has 0 radical (unpaired) electrons. The van der Waals surface area contributed by atoms with Gasteiger partial charge in [-0.1, -0.05) is 45.7 Å². The lowest BCUT2D eigenvalue weighted by molar-refractivity contribution is -0.137. The fourth-order valence-electron chi connectivity index (χ4n) is 1.80. The molecule has 0 amide bonds. The molecule has 0 bridgehead atoms. The number of halogens is 5. The third-order valence-electron chi connectivity index (χ3n) is 2.72.